The topological polar surface area (TPSA) is 101 Å². The monoisotopic (exact) mass is 844 g/mol. The molecule has 0 unspecified atom stereocenters. The van der Waals surface area contributed by atoms with Crippen LogP contribution in [0.4, 0.5) is 16.2 Å². The fourth-order valence-electron chi connectivity index (χ4n) is 7.54. The fraction of sp³-hybridized carbons (Fsp3) is 0.617. The van der Waals surface area contributed by atoms with E-state index in [2.05, 4.69) is 83.5 Å². The van der Waals surface area contributed by atoms with Gasteiger partial charge in [0, 0.05) is 72.4 Å². The summed E-state index contributed by atoms with van der Waals surface area (Å²) < 4.78 is 17.4. The summed E-state index contributed by atoms with van der Waals surface area (Å²) in [5, 5.41) is 0. The molecule has 4 heterocycles. The van der Waals surface area contributed by atoms with Gasteiger partial charge in [-0.25, -0.2) is 4.79 Å². The van der Waals surface area contributed by atoms with E-state index >= 15 is 0 Å². The Kier molecular flexibility index (Phi) is 15.6. The molecule has 0 aliphatic carbocycles. The third-order valence-corrected chi connectivity index (χ3v) is 14.6. The Hall–Kier alpha value is -3.59. The summed E-state index contributed by atoms with van der Waals surface area (Å²) in [6.07, 6.45) is 7.56. The van der Waals surface area contributed by atoms with Gasteiger partial charge in [-0.15, -0.1) is 0 Å². The number of hydrogen-bond donors (Lipinski definition) is 0. The molecule has 324 valence electrons. The maximum absolute atomic E-state index is 12.9. The van der Waals surface area contributed by atoms with Crippen molar-refractivity contribution in [3.63, 3.8) is 0 Å². The second-order valence-corrected chi connectivity index (χ2v) is 31.7. The quantitative estimate of drug-likeness (QED) is 0.156. The second-order valence-electron chi connectivity index (χ2n) is 20.5. The van der Waals surface area contributed by atoms with Crippen LogP contribution in [0.2, 0.25) is 51.4 Å². The summed E-state index contributed by atoms with van der Waals surface area (Å²) >= 11 is 0. The van der Waals surface area contributed by atoms with E-state index in [0.717, 1.165) is 72.7 Å². The van der Waals surface area contributed by atoms with E-state index in [9.17, 15) is 14.4 Å². The summed E-state index contributed by atoms with van der Waals surface area (Å²) in [4.78, 5) is 48.1. The van der Waals surface area contributed by atoms with Gasteiger partial charge in [0.15, 0.2) is 0 Å². The molecule has 0 saturated heterocycles. The lowest BCUT2D eigenvalue weighted by Crippen LogP contribution is -2.40. The first-order valence-corrected chi connectivity index (χ1v) is 29.4. The van der Waals surface area contributed by atoms with Gasteiger partial charge in [0.05, 0.1) is 5.70 Å². The lowest BCUT2D eigenvalue weighted by molar-refractivity contribution is -0.120. The maximum atomic E-state index is 12.9. The van der Waals surface area contributed by atoms with Crippen molar-refractivity contribution >= 4 is 56.8 Å². The number of aliphatic imine (C=N–C) groups is 1. The number of rotatable bonds is 12. The minimum Gasteiger partial charge on any atom is -0.443 e. The third kappa shape index (κ3) is 13.7. The first-order valence-electron chi connectivity index (χ1n) is 21.9. The maximum Gasteiger partial charge on any atom is 0.414 e. The highest BCUT2D eigenvalue weighted by Gasteiger charge is 2.31. The zero-order valence-corrected chi connectivity index (χ0v) is 40.0. The summed E-state index contributed by atoms with van der Waals surface area (Å²) in [5.41, 5.74) is 8.07. The molecule has 0 bridgehead atoms. The van der Waals surface area contributed by atoms with Crippen LogP contribution in [0.1, 0.15) is 89.0 Å². The van der Waals surface area contributed by atoms with Gasteiger partial charge in [0.25, 0.3) is 0 Å². The Balaban J connectivity index is 0.000000230. The molecular weight excluding hydrogens is 773 g/mol. The van der Waals surface area contributed by atoms with Crippen LogP contribution < -0.4 is 9.80 Å². The summed E-state index contributed by atoms with van der Waals surface area (Å²) in [7, 11) is -2.28. The predicted molar refractivity (Wildman–Crippen MR) is 247 cm³/mol. The van der Waals surface area contributed by atoms with E-state index in [1.54, 1.807) is 9.80 Å². The second kappa shape index (κ2) is 19.9. The molecule has 0 aromatic heterocycles. The van der Waals surface area contributed by atoms with Gasteiger partial charge < -0.3 is 14.2 Å². The van der Waals surface area contributed by atoms with E-state index in [1.165, 1.54) is 23.3 Å². The van der Waals surface area contributed by atoms with Crippen LogP contribution >= 0.6 is 0 Å². The first-order chi connectivity index (χ1) is 27.7. The van der Waals surface area contributed by atoms with E-state index in [0.29, 0.717) is 57.7 Å². The molecule has 6 rings (SSSR count). The number of amides is 3. The molecule has 0 saturated carbocycles. The van der Waals surface area contributed by atoms with Gasteiger partial charge in [0.2, 0.25) is 11.8 Å². The summed E-state index contributed by atoms with van der Waals surface area (Å²) in [6, 6.07) is 14.8. The zero-order chi connectivity index (χ0) is 43.1. The highest BCUT2D eigenvalue weighted by molar-refractivity contribution is 6.76. The Labute approximate surface area is 356 Å². The van der Waals surface area contributed by atoms with Crippen LogP contribution in [0.3, 0.4) is 0 Å². The van der Waals surface area contributed by atoms with Gasteiger partial charge in [0.1, 0.15) is 19.1 Å². The number of benzene rings is 2. The molecule has 2 aromatic carbocycles. The van der Waals surface area contributed by atoms with Crippen LogP contribution in [-0.4, -0.2) is 90.0 Å². The van der Waals surface area contributed by atoms with Crippen LogP contribution in [-0.2, 0) is 36.6 Å². The summed E-state index contributed by atoms with van der Waals surface area (Å²) in [5.74, 6) is 1.34. The number of hydrogen-bond acceptors (Lipinski definition) is 7. The van der Waals surface area contributed by atoms with Gasteiger partial charge >= 0.3 is 6.09 Å². The van der Waals surface area contributed by atoms with E-state index in [1.807, 2.05) is 37.8 Å². The Bertz CT molecular complexity index is 1870. The lowest BCUT2D eigenvalue weighted by atomic mass is 9.92. The standard InChI is InChI=1S/C26H40N2O4Si.C21H32N2O2Si/c1-19-8-11-22(27(17-19)25(30)32-26(2,3)4)20-9-12-23-21(16-20)10-13-24(29)28(23)18-31-14-15-33(5,6)7;1-16-5-8-19(22-14-16)17-6-9-20-18(13-17)7-10-21(24)23(20)15-25-11-12-26(2,3)4/h9,11-12,16,19H,8,10,13-15,17-18H2,1-7H3;6,9,13,16H,5,7-8,10-12,14-15H2,1-4H3/t19-;16-/m00/s1. The van der Waals surface area contributed by atoms with Crippen molar-refractivity contribution < 1.29 is 28.6 Å². The van der Waals surface area contributed by atoms with Crippen LogP contribution in [0.5, 0.6) is 0 Å². The number of carbonyl (C=O) groups is 3. The molecular formula is C47H72N4O6Si2. The Morgan fingerprint density at radius 2 is 1.27 bits per heavy atom. The SMILES string of the molecule is C[C@H]1CC=C(c2ccc3c(c2)CCC(=O)N3COCC[Si](C)(C)C)N(C(=O)OC(C)(C)C)C1.C[C@H]1CCC(c2ccc3c(c2)CCC(=O)N3COCC[Si](C)(C)C)=NC1. The third-order valence-electron chi connectivity index (χ3n) is 11.2. The van der Waals surface area contributed by atoms with Crippen LogP contribution in [0.15, 0.2) is 47.5 Å². The Morgan fingerprint density at radius 1 is 0.746 bits per heavy atom. The van der Waals surface area contributed by atoms with Gasteiger partial charge in [-0.3, -0.25) is 29.3 Å². The van der Waals surface area contributed by atoms with Crippen molar-refractivity contribution in [1.29, 1.82) is 0 Å². The van der Waals surface area contributed by atoms with E-state index < -0.39 is 21.7 Å². The van der Waals surface area contributed by atoms with Crippen molar-refractivity contribution in [2.45, 2.75) is 137 Å². The number of aryl methyl sites for hydroxylation is 2. The number of nitrogens with zero attached hydrogens (tertiary/aromatic N) is 4. The molecule has 0 fully saturated rings. The molecule has 2 aromatic rings. The minimum atomic E-state index is -1.17. The van der Waals surface area contributed by atoms with Crippen molar-refractivity contribution in [3.05, 3.63) is 64.7 Å². The van der Waals surface area contributed by atoms with Crippen molar-refractivity contribution in [1.82, 2.24) is 4.90 Å². The molecule has 3 amide bonds. The van der Waals surface area contributed by atoms with Crippen LogP contribution in [0.25, 0.3) is 5.70 Å². The normalized spacial score (nSPS) is 19.9. The average Bonchev–Trinajstić information content (AvgIpc) is 3.15. The Morgan fingerprint density at radius 3 is 1.76 bits per heavy atom. The molecule has 59 heavy (non-hydrogen) atoms. The lowest BCUT2D eigenvalue weighted by Gasteiger charge is -2.35. The zero-order valence-electron chi connectivity index (χ0n) is 38.0. The molecule has 2 atom stereocenters. The summed E-state index contributed by atoms with van der Waals surface area (Å²) in [6.45, 7) is 27.7. The highest BCUT2D eigenvalue weighted by atomic mass is 28.3. The molecule has 4 aliphatic rings. The van der Waals surface area contributed by atoms with Gasteiger partial charge in [-0.2, -0.15) is 0 Å². The van der Waals surface area contributed by atoms with Crippen molar-refractivity contribution in [2.75, 3.05) is 49.6 Å². The molecule has 0 N–H and O–H groups in total. The van der Waals surface area contributed by atoms with Gasteiger partial charge in [-0.1, -0.05) is 71.3 Å². The average molecular weight is 845 g/mol. The number of carbonyl (C=O) groups excluding carboxylic acids is 3. The number of ether oxygens (including phenoxy) is 3. The number of allylic oxidation sites excluding steroid dienone is 1. The van der Waals surface area contributed by atoms with Gasteiger partial charge in [-0.05, 0) is 123 Å². The van der Waals surface area contributed by atoms with Crippen molar-refractivity contribution in [3.8, 4) is 0 Å². The molecule has 0 radical (unpaired) electrons. The van der Waals surface area contributed by atoms with E-state index in [-0.39, 0.29) is 17.9 Å². The minimum absolute atomic E-state index is 0.101. The fourth-order valence-corrected chi connectivity index (χ4v) is 9.05. The molecule has 4 aliphatic heterocycles. The first kappa shape index (κ1) is 46.5. The molecule has 10 nitrogen and oxygen atoms in total. The number of fused-ring (bicyclic) bond motifs is 2. The smallest absolute Gasteiger partial charge is 0.414 e. The van der Waals surface area contributed by atoms with E-state index in [4.69, 9.17) is 19.2 Å². The van der Waals surface area contributed by atoms with Crippen LogP contribution in [0, 0.1) is 11.8 Å². The largest absolute Gasteiger partial charge is 0.443 e. The molecule has 0 spiro atoms. The van der Waals surface area contributed by atoms with Crippen molar-refractivity contribution in [2.24, 2.45) is 16.8 Å². The predicted octanol–water partition coefficient (Wildman–Crippen LogP) is 10.4. The molecule has 12 heteroatoms. The highest BCUT2D eigenvalue weighted by Crippen LogP contribution is 2.35. The number of anilines is 2.